The van der Waals surface area contributed by atoms with Gasteiger partial charge in [-0.15, -0.1) is 0 Å². The lowest BCUT2D eigenvalue weighted by Gasteiger charge is -2.35. The van der Waals surface area contributed by atoms with Crippen LogP contribution in [0.4, 0.5) is 0 Å². The Morgan fingerprint density at radius 2 is 2.05 bits per heavy atom. The third-order valence-corrected chi connectivity index (χ3v) is 5.50. The maximum atomic E-state index is 6.43. The van der Waals surface area contributed by atoms with Gasteiger partial charge in [-0.2, -0.15) is 0 Å². The standard InChI is InChI=1S/C18H30N2/c1-5-6-18(7-8-18)12-20-13(2)9-14-15(19)10-17(3,4)11-16(14)20/h9,15H,5-8,10-12,19H2,1-4H3. The molecule has 112 valence electrons. The highest BCUT2D eigenvalue weighted by atomic mass is 15.0. The fraction of sp³-hybridized carbons (Fsp3) is 0.778. The first kappa shape index (κ1) is 14.2. The Morgan fingerprint density at radius 3 is 2.65 bits per heavy atom. The van der Waals surface area contributed by atoms with Gasteiger partial charge in [-0.1, -0.05) is 27.2 Å². The van der Waals surface area contributed by atoms with Crippen LogP contribution in [0.15, 0.2) is 6.07 Å². The summed E-state index contributed by atoms with van der Waals surface area (Å²) in [6, 6.07) is 2.59. The first-order chi connectivity index (χ1) is 9.36. The molecule has 1 atom stereocenters. The number of hydrogen-bond donors (Lipinski definition) is 1. The van der Waals surface area contributed by atoms with E-state index in [9.17, 15) is 0 Å². The number of aryl methyl sites for hydroxylation is 1. The van der Waals surface area contributed by atoms with Gasteiger partial charge in [0.15, 0.2) is 0 Å². The summed E-state index contributed by atoms with van der Waals surface area (Å²) in [4.78, 5) is 0. The van der Waals surface area contributed by atoms with Gasteiger partial charge in [-0.25, -0.2) is 0 Å². The quantitative estimate of drug-likeness (QED) is 0.869. The van der Waals surface area contributed by atoms with Gasteiger partial charge in [0.25, 0.3) is 0 Å². The summed E-state index contributed by atoms with van der Waals surface area (Å²) in [5.41, 5.74) is 11.8. The first-order valence-corrected chi connectivity index (χ1v) is 8.30. The number of aromatic nitrogens is 1. The molecule has 0 bridgehead atoms. The van der Waals surface area contributed by atoms with E-state index in [0.717, 1.165) is 6.42 Å². The minimum absolute atomic E-state index is 0.232. The van der Waals surface area contributed by atoms with Crippen molar-refractivity contribution in [3.8, 4) is 0 Å². The van der Waals surface area contributed by atoms with E-state index >= 15 is 0 Å². The molecule has 2 N–H and O–H groups in total. The van der Waals surface area contributed by atoms with Gasteiger partial charge in [-0.05, 0) is 61.5 Å². The average molecular weight is 274 g/mol. The van der Waals surface area contributed by atoms with Crippen molar-refractivity contribution in [3.05, 3.63) is 23.0 Å². The Hall–Kier alpha value is -0.760. The predicted octanol–water partition coefficient (Wildman–Crippen LogP) is 4.35. The van der Waals surface area contributed by atoms with Crippen LogP contribution in [0.5, 0.6) is 0 Å². The smallest absolute Gasteiger partial charge is 0.0318 e. The molecular formula is C18H30N2. The number of hydrogen-bond acceptors (Lipinski definition) is 1. The summed E-state index contributed by atoms with van der Waals surface area (Å²) < 4.78 is 2.61. The topological polar surface area (TPSA) is 30.9 Å². The molecule has 20 heavy (non-hydrogen) atoms. The molecule has 2 nitrogen and oxygen atoms in total. The molecular weight excluding hydrogens is 244 g/mol. The van der Waals surface area contributed by atoms with E-state index < -0.39 is 0 Å². The molecule has 1 unspecified atom stereocenters. The highest BCUT2D eigenvalue weighted by Crippen LogP contribution is 2.52. The molecule has 0 radical (unpaired) electrons. The van der Waals surface area contributed by atoms with Crippen LogP contribution in [0.1, 0.15) is 75.9 Å². The monoisotopic (exact) mass is 274 g/mol. The Kier molecular flexibility index (Phi) is 3.28. The summed E-state index contributed by atoms with van der Waals surface area (Å²) >= 11 is 0. The molecule has 1 aromatic rings. The molecule has 0 aromatic carbocycles. The third kappa shape index (κ3) is 2.43. The van der Waals surface area contributed by atoms with E-state index in [1.165, 1.54) is 55.6 Å². The summed E-state index contributed by atoms with van der Waals surface area (Å²) in [5, 5.41) is 0. The lowest BCUT2D eigenvalue weighted by molar-refractivity contribution is 0.269. The molecule has 0 saturated heterocycles. The van der Waals surface area contributed by atoms with Crippen molar-refractivity contribution in [1.82, 2.24) is 4.57 Å². The summed E-state index contributed by atoms with van der Waals surface area (Å²) in [6.07, 6.45) is 7.84. The van der Waals surface area contributed by atoms with E-state index in [2.05, 4.69) is 38.3 Å². The maximum absolute atomic E-state index is 6.43. The van der Waals surface area contributed by atoms with Gasteiger partial charge >= 0.3 is 0 Å². The van der Waals surface area contributed by atoms with Gasteiger partial charge in [0.1, 0.15) is 0 Å². The molecule has 0 amide bonds. The van der Waals surface area contributed by atoms with Crippen molar-refractivity contribution in [3.63, 3.8) is 0 Å². The maximum Gasteiger partial charge on any atom is 0.0318 e. The van der Waals surface area contributed by atoms with Crippen LogP contribution >= 0.6 is 0 Å². The van der Waals surface area contributed by atoms with Crippen LogP contribution < -0.4 is 5.73 Å². The van der Waals surface area contributed by atoms with Crippen molar-refractivity contribution in [2.45, 2.75) is 78.8 Å². The van der Waals surface area contributed by atoms with Gasteiger partial charge in [-0.3, -0.25) is 0 Å². The fourth-order valence-electron chi connectivity index (χ4n) is 4.25. The second kappa shape index (κ2) is 4.62. The third-order valence-electron chi connectivity index (χ3n) is 5.50. The van der Waals surface area contributed by atoms with Crippen molar-refractivity contribution < 1.29 is 0 Å². The zero-order chi connectivity index (χ0) is 14.5. The molecule has 1 aromatic heterocycles. The minimum Gasteiger partial charge on any atom is -0.348 e. The van der Waals surface area contributed by atoms with E-state index in [4.69, 9.17) is 5.73 Å². The van der Waals surface area contributed by atoms with Crippen LogP contribution in [0.2, 0.25) is 0 Å². The van der Waals surface area contributed by atoms with Crippen molar-refractivity contribution >= 4 is 0 Å². The van der Waals surface area contributed by atoms with Crippen LogP contribution in [0, 0.1) is 17.8 Å². The van der Waals surface area contributed by atoms with Crippen LogP contribution in [0.25, 0.3) is 0 Å². The SMILES string of the molecule is CCCC1(Cn2c(C)cc3c2CC(C)(C)CC3N)CC1. The lowest BCUT2D eigenvalue weighted by atomic mass is 9.74. The van der Waals surface area contributed by atoms with E-state index in [1.807, 2.05) is 0 Å². The van der Waals surface area contributed by atoms with Crippen molar-refractivity contribution in [1.29, 1.82) is 0 Å². The number of fused-ring (bicyclic) bond motifs is 1. The van der Waals surface area contributed by atoms with Gasteiger partial charge in [0.05, 0.1) is 0 Å². The molecule has 2 heteroatoms. The Morgan fingerprint density at radius 1 is 1.35 bits per heavy atom. The van der Waals surface area contributed by atoms with Gasteiger partial charge in [0, 0.05) is 24.0 Å². The summed E-state index contributed by atoms with van der Waals surface area (Å²) in [6.45, 7) is 10.5. The lowest BCUT2D eigenvalue weighted by Crippen LogP contribution is -2.31. The molecule has 2 aliphatic carbocycles. The molecule has 3 rings (SSSR count). The predicted molar refractivity (Wildman–Crippen MR) is 84.8 cm³/mol. The molecule has 0 aliphatic heterocycles. The molecule has 1 fully saturated rings. The van der Waals surface area contributed by atoms with E-state index in [-0.39, 0.29) is 6.04 Å². The normalized spacial score (nSPS) is 26.4. The first-order valence-electron chi connectivity index (χ1n) is 8.30. The second-order valence-electron chi connectivity index (χ2n) is 8.18. The Bertz CT molecular complexity index is 506. The van der Waals surface area contributed by atoms with Gasteiger partial charge in [0.2, 0.25) is 0 Å². The van der Waals surface area contributed by atoms with E-state index in [1.54, 1.807) is 0 Å². The molecule has 0 spiro atoms. The van der Waals surface area contributed by atoms with Crippen molar-refractivity contribution in [2.24, 2.45) is 16.6 Å². The second-order valence-corrected chi connectivity index (χ2v) is 8.18. The largest absolute Gasteiger partial charge is 0.348 e. The minimum atomic E-state index is 0.232. The number of nitrogens with two attached hydrogens (primary N) is 1. The molecule has 1 heterocycles. The zero-order valence-corrected chi connectivity index (χ0v) is 13.6. The average Bonchev–Trinajstić information content (AvgIpc) is 3.02. The van der Waals surface area contributed by atoms with Crippen LogP contribution in [0.3, 0.4) is 0 Å². The van der Waals surface area contributed by atoms with Crippen molar-refractivity contribution in [2.75, 3.05) is 0 Å². The molecule has 2 aliphatic rings. The summed E-state index contributed by atoms with van der Waals surface area (Å²) in [7, 11) is 0. The van der Waals surface area contributed by atoms with Crippen LogP contribution in [-0.4, -0.2) is 4.57 Å². The Labute approximate surface area is 123 Å². The number of rotatable bonds is 4. The van der Waals surface area contributed by atoms with Crippen LogP contribution in [-0.2, 0) is 13.0 Å². The highest BCUT2D eigenvalue weighted by molar-refractivity contribution is 5.34. The highest BCUT2D eigenvalue weighted by Gasteiger charge is 2.43. The van der Waals surface area contributed by atoms with E-state index in [0.29, 0.717) is 10.8 Å². The van der Waals surface area contributed by atoms with Gasteiger partial charge < -0.3 is 10.3 Å². The Balaban J connectivity index is 1.93. The fourth-order valence-corrected chi connectivity index (χ4v) is 4.25. The summed E-state index contributed by atoms with van der Waals surface area (Å²) in [5.74, 6) is 0. The zero-order valence-electron chi connectivity index (χ0n) is 13.6. The number of nitrogens with zero attached hydrogens (tertiary/aromatic N) is 1. The molecule has 1 saturated carbocycles.